The van der Waals surface area contributed by atoms with Crippen LogP contribution in [0.2, 0.25) is 0 Å². The molecule has 0 atom stereocenters. The number of hydrogen-bond donors (Lipinski definition) is 2. The Morgan fingerprint density at radius 3 is 2.81 bits per heavy atom. The summed E-state index contributed by atoms with van der Waals surface area (Å²) in [5.74, 6) is 2.62. The maximum Gasteiger partial charge on any atom is 0.0712 e. The number of rotatable bonds is 2. The molecule has 1 aromatic carbocycles. The molecular formula is C14H17NO. The van der Waals surface area contributed by atoms with E-state index < -0.39 is 5.60 Å². The van der Waals surface area contributed by atoms with Gasteiger partial charge in [0.15, 0.2) is 0 Å². The average Bonchev–Trinajstić information content (AvgIpc) is 2.29. The first-order valence-corrected chi connectivity index (χ1v) is 5.70. The summed E-state index contributed by atoms with van der Waals surface area (Å²) in [6, 6.07) is 7.88. The predicted molar refractivity (Wildman–Crippen MR) is 65.1 cm³/mol. The molecule has 1 aromatic rings. The molecular weight excluding hydrogens is 198 g/mol. The van der Waals surface area contributed by atoms with Crippen molar-refractivity contribution in [3.63, 3.8) is 0 Å². The Hall–Kier alpha value is -1.30. The maximum absolute atomic E-state index is 10.4. The summed E-state index contributed by atoms with van der Waals surface area (Å²) in [6.45, 7) is 1.79. The molecule has 0 saturated carbocycles. The fraction of sp³-hybridized carbons (Fsp3) is 0.429. The molecule has 16 heavy (non-hydrogen) atoms. The SMILES string of the molecule is C#Cc1cccc(CC2(O)CCNCC2)c1. The Morgan fingerprint density at radius 2 is 2.12 bits per heavy atom. The topological polar surface area (TPSA) is 32.3 Å². The summed E-state index contributed by atoms with van der Waals surface area (Å²) in [6.07, 6.45) is 7.69. The largest absolute Gasteiger partial charge is 0.389 e. The third-order valence-electron chi connectivity index (χ3n) is 3.16. The van der Waals surface area contributed by atoms with Gasteiger partial charge in [0.05, 0.1) is 5.60 Å². The maximum atomic E-state index is 10.4. The Balaban J connectivity index is 2.10. The molecule has 2 heteroatoms. The van der Waals surface area contributed by atoms with E-state index in [2.05, 4.69) is 11.2 Å². The van der Waals surface area contributed by atoms with Gasteiger partial charge in [0.25, 0.3) is 0 Å². The average molecular weight is 215 g/mol. The number of terminal acetylenes is 1. The van der Waals surface area contributed by atoms with E-state index in [4.69, 9.17) is 6.42 Å². The van der Waals surface area contributed by atoms with Gasteiger partial charge in [-0.2, -0.15) is 0 Å². The van der Waals surface area contributed by atoms with Crippen LogP contribution in [0.5, 0.6) is 0 Å². The van der Waals surface area contributed by atoms with Crippen LogP contribution >= 0.6 is 0 Å². The normalized spacial score (nSPS) is 19.0. The zero-order valence-corrected chi connectivity index (χ0v) is 9.37. The first kappa shape index (κ1) is 11.2. The van der Waals surface area contributed by atoms with Crippen LogP contribution in [0.1, 0.15) is 24.0 Å². The Bertz CT molecular complexity index is 399. The standard InChI is InChI=1S/C14H17NO/c1-2-12-4-3-5-13(10-12)11-14(16)6-8-15-9-7-14/h1,3-5,10,15-16H,6-9,11H2. The highest BCUT2D eigenvalue weighted by atomic mass is 16.3. The van der Waals surface area contributed by atoms with Crippen molar-refractivity contribution in [3.8, 4) is 12.3 Å². The summed E-state index contributed by atoms with van der Waals surface area (Å²) < 4.78 is 0. The minimum Gasteiger partial charge on any atom is -0.389 e. The fourth-order valence-electron chi connectivity index (χ4n) is 2.22. The first-order valence-electron chi connectivity index (χ1n) is 5.70. The van der Waals surface area contributed by atoms with Crippen LogP contribution in [-0.2, 0) is 6.42 Å². The second-order valence-corrected chi connectivity index (χ2v) is 4.50. The van der Waals surface area contributed by atoms with Crippen molar-refractivity contribution in [1.82, 2.24) is 5.32 Å². The third kappa shape index (κ3) is 2.63. The van der Waals surface area contributed by atoms with Crippen LogP contribution in [0, 0.1) is 12.3 Å². The van der Waals surface area contributed by atoms with Gasteiger partial charge in [0, 0.05) is 12.0 Å². The molecule has 0 spiro atoms. The smallest absolute Gasteiger partial charge is 0.0712 e. The zero-order valence-electron chi connectivity index (χ0n) is 9.37. The fourth-order valence-corrected chi connectivity index (χ4v) is 2.22. The van der Waals surface area contributed by atoms with Gasteiger partial charge < -0.3 is 10.4 Å². The van der Waals surface area contributed by atoms with Crippen molar-refractivity contribution in [2.45, 2.75) is 24.9 Å². The van der Waals surface area contributed by atoms with Crippen molar-refractivity contribution in [3.05, 3.63) is 35.4 Å². The van der Waals surface area contributed by atoms with Gasteiger partial charge in [-0.1, -0.05) is 18.1 Å². The third-order valence-corrected chi connectivity index (χ3v) is 3.16. The summed E-state index contributed by atoms with van der Waals surface area (Å²) >= 11 is 0. The molecule has 0 radical (unpaired) electrons. The highest BCUT2D eigenvalue weighted by molar-refractivity contribution is 5.35. The molecule has 0 amide bonds. The lowest BCUT2D eigenvalue weighted by Crippen LogP contribution is -2.43. The number of piperidine rings is 1. The molecule has 2 N–H and O–H groups in total. The molecule has 1 aliphatic heterocycles. The van der Waals surface area contributed by atoms with Gasteiger partial charge in [0.1, 0.15) is 0 Å². The lowest BCUT2D eigenvalue weighted by Gasteiger charge is -2.32. The zero-order chi connectivity index (χ0) is 11.4. The monoisotopic (exact) mass is 215 g/mol. The summed E-state index contributed by atoms with van der Waals surface area (Å²) in [4.78, 5) is 0. The molecule has 84 valence electrons. The van der Waals surface area contributed by atoms with E-state index in [9.17, 15) is 5.11 Å². The molecule has 0 aromatic heterocycles. The molecule has 1 heterocycles. The van der Waals surface area contributed by atoms with Gasteiger partial charge in [-0.15, -0.1) is 6.42 Å². The number of aliphatic hydroxyl groups is 1. The number of nitrogens with one attached hydrogen (secondary N) is 1. The predicted octanol–water partition coefficient (Wildman–Crippen LogP) is 1.32. The highest BCUT2D eigenvalue weighted by Crippen LogP contribution is 2.23. The minimum atomic E-state index is -0.557. The summed E-state index contributed by atoms with van der Waals surface area (Å²) in [5.41, 5.74) is 1.45. The van der Waals surface area contributed by atoms with E-state index in [0.29, 0.717) is 6.42 Å². The van der Waals surface area contributed by atoms with E-state index in [1.165, 1.54) is 0 Å². The van der Waals surface area contributed by atoms with E-state index in [1.807, 2.05) is 24.3 Å². The van der Waals surface area contributed by atoms with Gasteiger partial charge in [-0.25, -0.2) is 0 Å². The lowest BCUT2D eigenvalue weighted by atomic mass is 9.86. The van der Waals surface area contributed by atoms with E-state index in [1.54, 1.807) is 0 Å². The molecule has 0 bridgehead atoms. The number of hydrogen-bond acceptors (Lipinski definition) is 2. The van der Waals surface area contributed by atoms with Gasteiger partial charge in [-0.3, -0.25) is 0 Å². The molecule has 2 rings (SSSR count). The van der Waals surface area contributed by atoms with Crippen molar-refractivity contribution in [1.29, 1.82) is 0 Å². The van der Waals surface area contributed by atoms with Crippen LogP contribution in [0.3, 0.4) is 0 Å². The van der Waals surface area contributed by atoms with Crippen LogP contribution in [0.25, 0.3) is 0 Å². The molecule has 1 fully saturated rings. The second kappa shape index (κ2) is 4.69. The molecule has 0 unspecified atom stereocenters. The van der Waals surface area contributed by atoms with Crippen LogP contribution < -0.4 is 5.32 Å². The van der Waals surface area contributed by atoms with Gasteiger partial charge >= 0.3 is 0 Å². The molecule has 1 saturated heterocycles. The van der Waals surface area contributed by atoms with Crippen LogP contribution in [-0.4, -0.2) is 23.8 Å². The van der Waals surface area contributed by atoms with Crippen molar-refractivity contribution >= 4 is 0 Å². The van der Waals surface area contributed by atoms with E-state index >= 15 is 0 Å². The molecule has 2 nitrogen and oxygen atoms in total. The Morgan fingerprint density at radius 1 is 1.38 bits per heavy atom. The minimum absolute atomic E-state index is 0.557. The van der Waals surface area contributed by atoms with E-state index in [-0.39, 0.29) is 0 Å². The summed E-state index contributed by atoms with van der Waals surface area (Å²) in [7, 11) is 0. The second-order valence-electron chi connectivity index (χ2n) is 4.50. The van der Waals surface area contributed by atoms with Crippen LogP contribution in [0.15, 0.2) is 24.3 Å². The summed E-state index contributed by atoms with van der Waals surface area (Å²) in [5, 5.41) is 13.7. The molecule has 0 aliphatic carbocycles. The van der Waals surface area contributed by atoms with E-state index in [0.717, 1.165) is 37.1 Å². The first-order chi connectivity index (χ1) is 7.72. The quantitative estimate of drug-likeness (QED) is 0.729. The Labute approximate surface area is 96.7 Å². The van der Waals surface area contributed by atoms with Crippen molar-refractivity contribution in [2.75, 3.05) is 13.1 Å². The molecule has 1 aliphatic rings. The van der Waals surface area contributed by atoms with Crippen molar-refractivity contribution < 1.29 is 5.11 Å². The van der Waals surface area contributed by atoms with Gasteiger partial charge in [0.2, 0.25) is 0 Å². The van der Waals surface area contributed by atoms with Crippen LogP contribution in [0.4, 0.5) is 0 Å². The van der Waals surface area contributed by atoms with Crippen molar-refractivity contribution in [2.24, 2.45) is 0 Å². The highest BCUT2D eigenvalue weighted by Gasteiger charge is 2.29. The Kier molecular flexibility index (Phi) is 3.28. The number of benzene rings is 1. The van der Waals surface area contributed by atoms with Gasteiger partial charge in [-0.05, 0) is 43.6 Å². The lowest BCUT2D eigenvalue weighted by molar-refractivity contribution is 0.0109.